The zero-order chi connectivity index (χ0) is 23.4. The second kappa shape index (κ2) is 10.1. The van der Waals surface area contributed by atoms with Crippen LogP contribution in [0.25, 0.3) is 0 Å². The normalized spacial score (nSPS) is 12.4. The lowest BCUT2D eigenvalue weighted by Crippen LogP contribution is -2.45. The number of thiol groups is 1. The molecule has 31 heavy (non-hydrogen) atoms. The van der Waals surface area contributed by atoms with E-state index >= 15 is 0 Å². The smallest absolute Gasteiger partial charge is 0.330 e. The number of hydrogen-bond acceptors (Lipinski definition) is 4. The van der Waals surface area contributed by atoms with Gasteiger partial charge in [0.15, 0.2) is 5.75 Å². The van der Waals surface area contributed by atoms with E-state index < -0.39 is 5.60 Å². The molecule has 1 radical (unpaired) electrons. The number of benzene rings is 2. The Kier molecular flexibility index (Phi) is 8.44. The highest BCUT2D eigenvalue weighted by atomic mass is 35.5. The zero-order valence-corrected chi connectivity index (χ0v) is 21.3. The van der Waals surface area contributed by atoms with E-state index in [1.54, 1.807) is 7.48 Å². The zero-order valence-electron chi connectivity index (χ0n) is 18.9. The number of nitriles is 1. The lowest BCUT2D eigenvalue weighted by molar-refractivity contribution is 0.0854. The molecule has 0 atom stereocenters. The fourth-order valence-corrected chi connectivity index (χ4v) is 3.23. The quantitative estimate of drug-likeness (QED) is 0.278. The van der Waals surface area contributed by atoms with E-state index in [4.69, 9.17) is 32.6 Å². The molecule has 0 heterocycles. The van der Waals surface area contributed by atoms with Gasteiger partial charge in [-0.25, -0.2) is 0 Å². The van der Waals surface area contributed by atoms with E-state index in [1.807, 2.05) is 52.0 Å². The molecular weight excluding hydrogens is 448 g/mol. The van der Waals surface area contributed by atoms with Gasteiger partial charge < -0.3 is 9.39 Å². The Bertz CT molecular complexity index is 948. The number of rotatable bonds is 9. The maximum Gasteiger partial charge on any atom is 0.330 e. The summed E-state index contributed by atoms with van der Waals surface area (Å²) in [7, 11) is 1.77. The van der Waals surface area contributed by atoms with E-state index in [0.29, 0.717) is 28.8 Å². The molecule has 0 aliphatic carbocycles. The van der Waals surface area contributed by atoms with Crippen molar-refractivity contribution in [2.75, 3.05) is 12.5 Å². The topological polar surface area (TPSA) is 42.2 Å². The van der Waals surface area contributed by atoms with E-state index in [2.05, 4.69) is 44.7 Å². The van der Waals surface area contributed by atoms with Crippen LogP contribution in [0.2, 0.25) is 5.02 Å². The van der Waals surface area contributed by atoms with Gasteiger partial charge in [0.2, 0.25) is 0 Å². The predicted octanol–water partition coefficient (Wildman–Crippen LogP) is 5.90. The minimum Gasteiger partial charge on any atom is -0.489 e. The number of ether oxygens (including phenoxy) is 1. The molecule has 0 saturated heterocycles. The second-order valence-electron chi connectivity index (χ2n) is 9.04. The highest BCUT2D eigenvalue weighted by Gasteiger charge is 2.34. The molecule has 2 aromatic rings. The third-order valence-corrected chi connectivity index (χ3v) is 6.78. The van der Waals surface area contributed by atoms with Crippen LogP contribution in [0, 0.1) is 11.3 Å². The molecule has 2 aromatic carbocycles. The second-order valence-corrected chi connectivity index (χ2v) is 10.9. The van der Waals surface area contributed by atoms with Crippen molar-refractivity contribution in [3.8, 4) is 11.8 Å². The van der Waals surface area contributed by atoms with Crippen LogP contribution in [-0.2, 0) is 10.1 Å². The van der Waals surface area contributed by atoms with Gasteiger partial charge in [-0.1, -0.05) is 55.2 Å². The van der Waals surface area contributed by atoms with Crippen LogP contribution in [0.1, 0.15) is 58.2 Å². The monoisotopic (exact) mass is 476 g/mol. The summed E-state index contributed by atoms with van der Waals surface area (Å²) in [5.41, 5.74) is 2.59. The first-order valence-corrected chi connectivity index (χ1v) is 11.5. The highest BCUT2D eigenvalue weighted by molar-refractivity contribution is 7.81. The van der Waals surface area contributed by atoms with Gasteiger partial charge in [0.25, 0.3) is 0 Å². The van der Waals surface area contributed by atoms with E-state index in [1.165, 1.54) is 0 Å². The van der Waals surface area contributed by atoms with Crippen molar-refractivity contribution in [1.29, 1.82) is 5.26 Å². The maximum atomic E-state index is 9.58. The Morgan fingerprint density at radius 1 is 1.03 bits per heavy atom. The SMILES string of the molecule is CC(C)(c1ccc([B]OC(C)(C)C(C)(C)S)cc1)c1cc(Cl)c(OCCCl)c(C#N)c1. The van der Waals surface area contributed by atoms with Gasteiger partial charge >= 0.3 is 7.48 Å². The fourth-order valence-electron chi connectivity index (χ4n) is 2.83. The van der Waals surface area contributed by atoms with E-state index in [9.17, 15) is 5.26 Å². The van der Waals surface area contributed by atoms with Crippen molar-refractivity contribution in [3.63, 3.8) is 0 Å². The van der Waals surface area contributed by atoms with Crippen molar-refractivity contribution < 1.29 is 9.39 Å². The molecule has 0 aliphatic rings. The van der Waals surface area contributed by atoms with Crippen molar-refractivity contribution in [1.82, 2.24) is 0 Å². The van der Waals surface area contributed by atoms with E-state index in [0.717, 1.165) is 16.6 Å². The highest BCUT2D eigenvalue weighted by Crippen LogP contribution is 2.38. The first-order valence-electron chi connectivity index (χ1n) is 10.1. The molecule has 0 unspecified atom stereocenters. The summed E-state index contributed by atoms with van der Waals surface area (Å²) in [6.07, 6.45) is 0. The van der Waals surface area contributed by atoms with Gasteiger partial charge in [0, 0.05) is 10.2 Å². The third-order valence-electron chi connectivity index (χ3n) is 5.80. The van der Waals surface area contributed by atoms with Crippen molar-refractivity contribution >= 4 is 48.8 Å². The summed E-state index contributed by atoms with van der Waals surface area (Å²) in [5, 5.41) is 9.98. The Hall–Kier alpha value is -1.32. The van der Waals surface area contributed by atoms with Gasteiger partial charge in [-0.15, -0.1) is 11.6 Å². The van der Waals surface area contributed by atoms with Crippen molar-refractivity contribution in [2.45, 2.75) is 57.3 Å². The molecule has 2 rings (SSSR count). The largest absolute Gasteiger partial charge is 0.489 e. The van der Waals surface area contributed by atoms with Crippen LogP contribution in [-0.4, -0.2) is 30.3 Å². The van der Waals surface area contributed by atoms with Crippen LogP contribution in [0.5, 0.6) is 5.75 Å². The molecule has 0 amide bonds. The first-order chi connectivity index (χ1) is 14.3. The van der Waals surface area contributed by atoms with Crippen molar-refractivity contribution in [2.24, 2.45) is 0 Å². The van der Waals surface area contributed by atoms with Crippen LogP contribution >= 0.6 is 35.8 Å². The Labute approximate surface area is 202 Å². The molecule has 0 spiro atoms. The molecule has 0 N–H and O–H groups in total. The Morgan fingerprint density at radius 2 is 1.65 bits per heavy atom. The summed E-state index contributed by atoms with van der Waals surface area (Å²) in [6, 6.07) is 14.0. The number of alkyl halides is 1. The first kappa shape index (κ1) is 25.9. The van der Waals surface area contributed by atoms with Crippen LogP contribution in [0.3, 0.4) is 0 Å². The van der Waals surface area contributed by atoms with Gasteiger partial charge in [0.1, 0.15) is 12.7 Å². The van der Waals surface area contributed by atoms with Gasteiger partial charge in [-0.2, -0.15) is 17.9 Å². The molecule has 0 bridgehead atoms. The summed E-state index contributed by atoms with van der Waals surface area (Å²) in [6.45, 7) is 12.6. The minimum absolute atomic E-state index is 0.289. The van der Waals surface area contributed by atoms with Gasteiger partial charge in [-0.3, -0.25) is 0 Å². The standard InChI is InChI=1S/C24H29BCl2NO2S/c1-22(2,18-13-16(15-28)21(20(27)14-18)29-12-11-26)17-7-9-19(10-8-17)25-30-23(3,4)24(5,6)31/h7-10,13-14,31H,11-12H2,1-6H3. The van der Waals surface area contributed by atoms with Crippen LogP contribution in [0.15, 0.2) is 36.4 Å². The molecule has 0 fully saturated rings. The molecule has 0 saturated carbocycles. The molecule has 3 nitrogen and oxygen atoms in total. The average Bonchev–Trinajstić information content (AvgIpc) is 2.70. The molecule has 0 aromatic heterocycles. The average molecular weight is 477 g/mol. The maximum absolute atomic E-state index is 9.58. The number of hydrogen-bond donors (Lipinski definition) is 1. The lowest BCUT2D eigenvalue weighted by atomic mass is 9.76. The predicted molar refractivity (Wildman–Crippen MR) is 135 cm³/mol. The van der Waals surface area contributed by atoms with Crippen LogP contribution in [0.4, 0.5) is 0 Å². The number of halogens is 2. The number of nitrogens with zero attached hydrogens (tertiary/aromatic N) is 1. The molecular formula is C24H29BCl2NO2S. The summed E-state index contributed by atoms with van der Waals surface area (Å²) in [5.74, 6) is 0.700. The van der Waals surface area contributed by atoms with Gasteiger partial charge in [-0.05, 0) is 51.0 Å². The summed E-state index contributed by atoms with van der Waals surface area (Å²) >= 11 is 16.8. The third kappa shape index (κ3) is 6.14. The Morgan fingerprint density at radius 3 is 2.16 bits per heavy atom. The molecule has 7 heteroatoms. The molecule has 0 aliphatic heterocycles. The van der Waals surface area contributed by atoms with Gasteiger partial charge in [0.05, 0.1) is 22.1 Å². The summed E-state index contributed by atoms with van der Waals surface area (Å²) in [4.78, 5) is 0. The fraction of sp³-hybridized carbons (Fsp3) is 0.458. The van der Waals surface area contributed by atoms with Crippen molar-refractivity contribution in [3.05, 3.63) is 58.1 Å². The van der Waals surface area contributed by atoms with Crippen LogP contribution < -0.4 is 10.2 Å². The lowest BCUT2D eigenvalue weighted by Gasteiger charge is -2.38. The van der Waals surface area contributed by atoms with E-state index in [-0.39, 0.29) is 10.2 Å². The molecule has 165 valence electrons. The summed E-state index contributed by atoms with van der Waals surface area (Å²) < 4.78 is 11.3. The minimum atomic E-state index is -0.425. The Balaban J connectivity index is 2.26.